The van der Waals surface area contributed by atoms with E-state index in [9.17, 15) is 24.9 Å². The van der Waals surface area contributed by atoms with Crippen LogP contribution in [-0.2, 0) is 16.0 Å². The summed E-state index contributed by atoms with van der Waals surface area (Å²) < 4.78 is 10.2. The lowest BCUT2D eigenvalue weighted by atomic mass is 10.1. The molecule has 0 radical (unpaired) electrons. The molecule has 2 atom stereocenters. The number of thioether (sulfide) groups is 1. The Bertz CT molecular complexity index is 935. The molecule has 2 unspecified atom stereocenters. The fourth-order valence-corrected chi connectivity index (χ4v) is 3.88. The van der Waals surface area contributed by atoms with Crippen molar-refractivity contribution >= 4 is 23.7 Å². The number of fused-ring (bicyclic) bond motifs is 1. The second kappa shape index (κ2) is 8.95. The van der Waals surface area contributed by atoms with Crippen LogP contribution in [0.1, 0.15) is 24.2 Å². The molecule has 8 nitrogen and oxygen atoms in total. The molecule has 0 amide bonds. The highest BCUT2D eigenvalue weighted by Gasteiger charge is 2.57. The molecule has 1 heterocycles. The average Bonchev–Trinajstić information content (AvgIpc) is 3.12. The SMILES string of the molecule is CSc1ccccc1C(O)CNC(C)Cc1ccc2c(c1)OC(C(=O)O)(C(=O)O)O2. The van der Waals surface area contributed by atoms with Gasteiger partial charge in [-0.15, -0.1) is 11.8 Å². The van der Waals surface area contributed by atoms with Gasteiger partial charge in [0.1, 0.15) is 0 Å². The number of benzene rings is 2. The van der Waals surface area contributed by atoms with Gasteiger partial charge in [0, 0.05) is 17.5 Å². The molecular weight excluding hydrogens is 410 g/mol. The summed E-state index contributed by atoms with van der Waals surface area (Å²) in [6, 6.07) is 12.5. The molecule has 0 fully saturated rings. The molecule has 9 heteroatoms. The summed E-state index contributed by atoms with van der Waals surface area (Å²) >= 11 is 1.58. The second-order valence-corrected chi connectivity index (χ2v) is 7.83. The smallest absolute Gasteiger partial charge is 0.453 e. The number of aliphatic hydroxyl groups is 1. The van der Waals surface area contributed by atoms with Crippen molar-refractivity contribution < 1.29 is 34.4 Å². The van der Waals surface area contributed by atoms with E-state index in [1.807, 2.05) is 37.4 Å². The third kappa shape index (κ3) is 4.38. The molecule has 0 aromatic heterocycles. The molecule has 1 aliphatic rings. The van der Waals surface area contributed by atoms with Gasteiger partial charge in [-0.25, -0.2) is 9.59 Å². The van der Waals surface area contributed by atoms with Crippen LogP contribution in [-0.4, -0.2) is 51.9 Å². The maximum Gasteiger partial charge on any atom is 0.453 e. The van der Waals surface area contributed by atoms with Gasteiger partial charge in [0.2, 0.25) is 0 Å². The van der Waals surface area contributed by atoms with E-state index in [-0.39, 0.29) is 17.5 Å². The third-order valence-corrected chi connectivity index (χ3v) is 5.59. The Hall–Kier alpha value is -2.75. The minimum atomic E-state index is -2.76. The molecule has 3 rings (SSSR count). The Kier molecular flexibility index (Phi) is 6.55. The molecule has 160 valence electrons. The maximum absolute atomic E-state index is 11.3. The standard InChI is InChI=1S/C21H23NO7S/c1-12(22-11-15(23)14-5-3-4-6-18(14)30-2)9-13-7-8-16-17(10-13)29-21(28-16,19(24)25)20(26)27/h3-8,10,12,15,22-23H,9,11H2,1-2H3,(H,24,25)(H,26,27). The van der Waals surface area contributed by atoms with Gasteiger partial charge in [0.25, 0.3) is 0 Å². The summed E-state index contributed by atoms with van der Waals surface area (Å²) in [5, 5.41) is 32.2. The van der Waals surface area contributed by atoms with Gasteiger partial charge >= 0.3 is 17.7 Å². The number of ether oxygens (including phenoxy) is 2. The van der Waals surface area contributed by atoms with Gasteiger partial charge in [-0.05, 0) is 48.9 Å². The van der Waals surface area contributed by atoms with Crippen LogP contribution in [0.15, 0.2) is 47.4 Å². The lowest BCUT2D eigenvalue weighted by Gasteiger charge is -2.19. The molecule has 2 aromatic carbocycles. The van der Waals surface area contributed by atoms with Gasteiger partial charge in [0.15, 0.2) is 11.5 Å². The van der Waals surface area contributed by atoms with Gasteiger partial charge in [-0.1, -0.05) is 24.3 Å². The van der Waals surface area contributed by atoms with Crippen LogP contribution >= 0.6 is 11.8 Å². The Labute approximate surface area is 177 Å². The molecule has 4 N–H and O–H groups in total. The minimum absolute atomic E-state index is 0.00910. The highest BCUT2D eigenvalue weighted by Crippen LogP contribution is 2.40. The number of aliphatic carboxylic acids is 2. The molecule has 0 bridgehead atoms. The normalized spacial score (nSPS) is 16.1. The van der Waals surface area contributed by atoms with Crippen molar-refractivity contribution in [1.29, 1.82) is 0 Å². The molecular formula is C21H23NO7S. The van der Waals surface area contributed by atoms with E-state index in [0.717, 1.165) is 16.0 Å². The molecule has 0 spiro atoms. The monoisotopic (exact) mass is 433 g/mol. The van der Waals surface area contributed by atoms with Crippen LogP contribution < -0.4 is 14.8 Å². The highest BCUT2D eigenvalue weighted by molar-refractivity contribution is 7.98. The number of carboxylic acids is 2. The number of carbonyl (C=O) groups is 2. The minimum Gasteiger partial charge on any atom is -0.475 e. The van der Waals surface area contributed by atoms with E-state index >= 15 is 0 Å². The highest BCUT2D eigenvalue weighted by atomic mass is 32.2. The van der Waals surface area contributed by atoms with E-state index in [1.54, 1.807) is 23.9 Å². The van der Waals surface area contributed by atoms with E-state index in [1.165, 1.54) is 6.07 Å². The Morgan fingerprint density at radius 2 is 1.77 bits per heavy atom. The molecule has 0 aliphatic carbocycles. The number of hydrogen-bond donors (Lipinski definition) is 4. The molecule has 0 saturated heterocycles. The largest absolute Gasteiger partial charge is 0.475 e. The number of nitrogens with one attached hydrogen (secondary N) is 1. The molecule has 2 aromatic rings. The molecule has 30 heavy (non-hydrogen) atoms. The molecule has 0 saturated carbocycles. The third-order valence-electron chi connectivity index (χ3n) is 4.78. The van der Waals surface area contributed by atoms with Gasteiger partial charge < -0.3 is 30.1 Å². The number of carboxylic acid groups (broad SMARTS) is 2. The van der Waals surface area contributed by atoms with Crippen LogP contribution in [0.25, 0.3) is 0 Å². The lowest BCUT2D eigenvalue weighted by molar-refractivity contribution is -0.194. The van der Waals surface area contributed by atoms with Gasteiger partial charge in [0.05, 0.1) is 6.10 Å². The van der Waals surface area contributed by atoms with E-state index in [4.69, 9.17) is 9.47 Å². The Morgan fingerprint density at radius 3 is 2.43 bits per heavy atom. The van der Waals surface area contributed by atoms with E-state index in [0.29, 0.717) is 13.0 Å². The zero-order chi connectivity index (χ0) is 21.9. The number of aliphatic hydroxyl groups excluding tert-OH is 1. The Morgan fingerprint density at radius 1 is 1.10 bits per heavy atom. The van der Waals surface area contributed by atoms with Gasteiger partial charge in [-0.2, -0.15) is 0 Å². The van der Waals surface area contributed by atoms with Crippen molar-refractivity contribution in [3.63, 3.8) is 0 Å². The van der Waals surface area contributed by atoms with Crippen LogP contribution in [0.3, 0.4) is 0 Å². The summed E-state index contributed by atoms with van der Waals surface area (Å²) in [6.45, 7) is 2.32. The summed E-state index contributed by atoms with van der Waals surface area (Å²) in [4.78, 5) is 23.7. The summed E-state index contributed by atoms with van der Waals surface area (Å²) in [6.07, 6.45) is 1.87. The number of hydrogen-bond acceptors (Lipinski definition) is 7. The fourth-order valence-electron chi connectivity index (χ4n) is 3.23. The zero-order valence-corrected chi connectivity index (χ0v) is 17.3. The fraction of sp³-hybridized carbons (Fsp3) is 0.333. The van der Waals surface area contributed by atoms with E-state index < -0.39 is 23.8 Å². The predicted molar refractivity (Wildman–Crippen MR) is 110 cm³/mol. The van der Waals surface area contributed by atoms with Crippen molar-refractivity contribution in [2.24, 2.45) is 0 Å². The van der Waals surface area contributed by atoms with Crippen LogP contribution in [0, 0.1) is 0 Å². The maximum atomic E-state index is 11.3. The van der Waals surface area contributed by atoms with Crippen molar-refractivity contribution in [2.45, 2.75) is 36.2 Å². The average molecular weight is 433 g/mol. The molecule has 1 aliphatic heterocycles. The van der Waals surface area contributed by atoms with Crippen molar-refractivity contribution in [2.75, 3.05) is 12.8 Å². The van der Waals surface area contributed by atoms with Gasteiger partial charge in [-0.3, -0.25) is 0 Å². The van der Waals surface area contributed by atoms with Crippen molar-refractivity contribution in [3.05, 3.63) is 53.6 Å². The summed E-state index contributed by atoms with van der Waals surface area (Å²) in [5.41, 5.74) is 1.68. The first kappa shape index (κ1) is 21.9. The predicted octanol–water partition coefficient (Wildman–Crippen LogP) is 2.30. The zero-order valence-electron chi connectivity index (χ0n) is 16.5. The second-order valence-electron chi connectivity index (χ2n) is 6.98. The number of rotatable bonds is 9. The van der Waals surface area contributed by atoms with E-state index in [2.05, 4.69) is 5.32 Å². The quantitative estimate of drug-likeness (QED) is 0.348. The summed E-state index contributed by atoms with van der Waals surface area (Å²) in [5.74, 6) is -6.10. The Balaban J connectivity index is 1.62. The van der Waals surface area contributed by atoms with Crippen molar-refractivity contribution in [3.8, 4) is 11.5 Å². The van der Waals surface area contributed by atoms with Crippen LogP contribution in [0.2, 0.25) is 0 Å². The lowest BCUT2D eigenvalue weighted by Crippen LogP contribution is -2.54. The first-order chi connectivity index (χ1) is 14.3. The van der Waals surface area contributed by atoms with Crippen molar-refractivity contribution in [1.82, 2.24) is 5.32 Å². The first-order valence-electron chi connectivity index (χ1n) is 9.29. The summed E-state index contributed by atoms with van der Waals surface area (Å²) in [7, 11) is 0. The van der Waals surface area contributed by atoms with Crippen LogP contribution in [0.4, 0.5) is 0 Å². The van der Waals surface area contributed by atoms with Crippen LogP contribution in [0.5, 0.6) is 11.5 Å². The topological polar surface area (TPSA) is 125 Å². The first-order valence-corrected chi connectivity index (χ1v) is 10.5.